The summed E-state index contributed by atoms with van der Waals surface area (Å²) < 4.78 is 16.3. The third-order valence-corrected chi connectivity index (χ3v) is 4.84. The summed E-state index contributed by atoms with van der Waals surface area (Å²) in [6.45, 7) is 4.70. The van der Waals surface area contributed by atoms with E-state index in [0.717, 1.165) is 12.0 Å². The Labute approximate surface area is 159 Å². The molecular weight excluding hydrogens is 344 g/mol. The van der Waals surface area contributed by atoms with Crippen molar-refractivity contribution in [2.24, 2.45) is 5.92 Å². The molecule has 5 nitrogen and oxygen atoms in total. The number of ketones is 1. The van der Waals surface area contributed by atoms with Gasteiger partial charge in [-0.05, 0) is 29.7 Å². The number of rotatable bonds is 7. The first-order chi connectivity index (χ1) is 13.1. The molecule has 0 saturated heterocycles. The number of hydrogen-bond acceptors (Lipinski definition) is 5. The van der Waals surface area contributed by atoms with Gasteiger partial charge in [0.2, 0.25) is 0 Å². The second-order valence-electron chi connectivity index (χ2n) is 6.66. The largest absolute Gasteiger partial charge is 0.486 e. The highest BCUT2D eigenvalue weighted by Crippen LogP contribution is 2.31. The second-order valence-corrected chi connectivity index (χ2v) is 6.66. The first kappa shape index (κ1) is 19.0. The van der Waals surface area contributed by atoms with Gasteiger partial charge in [-0.25, -0.2) is 0 Å². The van der Waals surface area contributed by atoms with Crippen LogP contribution in [0.25, 0.3) is 0 Å². The quantitative estimate of drug-likeness (QED) is 0.546. The first-order valence-corrected chi connectivity index (χ1v) is 9.24. The Hall–Kier alpha value is -2.82. The van der Waals surface area contributed by atoms with Gasteiger partial charge in [-0.1, -0.05) is 50.6 Å². The number of carbonyl (C=O) groups excluding carboxylic acids is 2. The molecule has 2 aromatic carbocycles. The second kappa shape index (κ2) is 8.71. The maximum Gasteiger partial charge on any atom is 0.314 e. The van der Waals surface area contributed by atoms with Crippen molar-refractivity contribution < 1.29 is 23.8 Å². The lowest BCUT2D eigenvalue weighted by Gasteiger charge is -2.22. The fourth-order valence-electron chi connectivity index (χ4n) is 3.12. The molecule has 0 unspecified atom stereocenters. The fourth-order valence-corrected chi connectivity index (χ4v) is 3.12. The molecular formula is C22H24O5. The molecule has 0 spiro atoms. The van der Waals surface area contributed by atoms with E-state index in [1.54, 1.807) is 18.2 Å². The van der Waals surface area contributed by atoms with Crippen LogP contribution in [0, 0.1) is 5.92 Å². The minimum Gasteiger partial charge on any atom is -0.486 e. The van der Waals surface area contributed by atoms with Crippen LogP contribution in [0.2, 0.25) is 0 Å². The van der Waals surface area contributed by atoms with E-state index in [0.29, 0.717) is 30.3 Å². The van der Waals surface area contributed by atoms with Crippen LogP contribution in [-0.2, 0) is 9.53 Å². The van der Waals surface area contributed by atoms with Crippen molar-refractivity contribution in [2.45, 2.75) is 26.2 Å². The highest BCUT2D eigenvalue weighted by atomic mass is 16.6. The zero-order valence-corrected chi connectivity index (χ0v) is 15.6. The van der Waals surface area contributed by atoms with Crippen LogP contribution in [0.3, 0.4) is 0 Å². The van der Waals surface area contributed by atoms with E-state index in [1.807, 2.05) is 44.2 Å². The van der Waals surface area contributed by atoms with E-state index in [1.165, 1.54) is 0 Å². The Morgan fingerprint density at radius 3 is 2.44 bits per heavy atom. The van der Waals surface area contributed by atoms with E-state index in [2.05, 4.69) is 0 Å². The number of esters is 1. The summed E-state index contributed by atoms with van der Waals surface area (Å²) in [7, 11) is 0. The summed E-state index contributed by atoms with van der Waals surface area (Å²) in [5.74, 6) is 0.252. The summed E-state index contributed by atoms with van der Waals surface area (Å²) in [5, 5.41) is 0. The summed E-state index contributed by atoms with van der Waals surface area (Å²) in [4.78, 5) is 25.2. The van der Waals surface area contributed by atoms with Gasteiger partial charge in [-0.3, -0.25) is 9.59 Å². The predicted octanol–water partition coefficient (Wildman–Crippen LogP) is 4.01. The van der Waals surface area contributed by atoms with Crippen molar-refractivity contribution in [3.8, 4) is 11.5 Å². The molecule has 1 heterocycles. The number of hydrogen-bond donors (Lipinski definition) is 0. The lowest BCUT2D eigenvalue weighted by molar-refractivity contribution is -0.145. The van der Waals surface area contributed by atoms with Crippen molar-refractivity contribution in [3.05, 3.63) is 59.7 Å². The predicted molar refractivity (Wildman–Crippen MR) is 101 cm³/mol. The Kier molecular flexibility index (Phi) is 6.12. The molecule has 0 bridgehead atoms. The number of ether oxygens (including phenoxy) is 3. The van der Waals surface area contributed by atoms with Gasteiger partial charge in [0.25, 0.3) is 0 Å². The normalized spacial score (nSPS) is 14.9. The van der Waals surface area contributed by atoms with E-state index in [-0.39, 0.29) is 30.2 Å². The van der Waals surface area contributed by atoms with E-state index < -0.39 is 0 Å². The molecule has 3 rings (SSSR count). The van der Waals surface area contributed by atoms with Crippen LogP contribution in [0.1, 0.15) is 42.1 Å². The molecule has 0 saturated carbocycles. The molecule has 2 atom stereocenters. The average molecular weight is 368 g/mol. The SMILES string of the molecule is CC[C@H](C)[C@@H](C(=O)OCC(=O)c1ccc2c(c1)OCCO2)c1ccccc1. The minimum atomic E-state index is -0.385. The monoisotopic (exact) mass is 368 g/mol. The van der Waals surface area contributed by atoms with Gasteiger partial charge in [0.1, 0.15) is 13.2 Å². The summed E-state index contributed by atoms with van der Waals surface area (Å²) in [6.07, 6.45) is 0.838. The molecule has 2 aromatic rings. The lowest BCUT2D eigenvalue weighted by atomic mass is 9.85. The maximum atomic E-state index is 12.7. The zero-order valence-electron chi connectivity index (χ0n) is 15.6. The molecule has 0 aliphatic carbocycles. The molecule has 1 aliphatic heterocycles. The van der Waals surface area contributed by atoms with Crippen LogP contribution in [0.4, 0.5) is 0 Å². The van der Waals surface area contributed by atoms with Crippen LogP contribution in [-0.4, -0.2) is 31.6 Å². The fraction of sp³-hybridized carbons (Fsp3) is 0.364. The maximum absolute atomic E-state index is 12.7. The number of fused-ring (bicyclic) bond motifs is 1. The number of benzene rings is 2. The van der Waals surface area contributed by atoms with Gasteiger partial charge in [0.15, 0.2) is 23.9 Å². The van der Waals surface area contributed by atoms with Crippen LogP contribution >= 0.6 is 0 Å². The van der Waals surface area contributed by atoms with Gasteiger partial charge < -0.3 is 14.2 Å². The van der Waals surface area contributed by atoms with Crippen molar-refractivity contribution in [2.75, 3.05) is 19.8 Å². The Balaban J connectivity index is 1.67. The average Bonchev–Trinajstić information content (AvgIpc) is 2.72. The van der Waals surface area contributed by atoms with Crippen LogP contribution < -0.4 is 9.47 Å². The third kappa shape index (κ3) is 4.48. The van der Waals surface area contributed by atoms with Crippen LogP contribution in [0.15, 0.2) is 48.5 Å². The van der Waals surface area contributed by atoms with Crippen molar-refractivity contribution in [1.82, 2.24) is 0 Å². The summed E-state index contributed by atoms with van der Waals surface area (Å²) >= 11 is 0. The minimum absolute atomic E-state index is 0.115. The van der Waals surface area contributed by atoms with Crippen molar-refractivity contribution >= 4 is 11.8 Å². The summed E-state index contributed by atoms with van der Waals surface area (Å²) in [6, 6.07) is 14.5. The van der Waals surface area contributed by atoms with Crippen molar-refractivity contribution in [1.29, 1.82) is 0 Å². The molecule has 27 heavy (non-hydrogen) atoms. The summed E-state index contributed by atoms with van der Waals surface area (Å²) in [5.41, 5.74) is 1.34. The molecule has 0 radical (unpaired) electrons. The Morgan fingerprint density at radius 1 is 1.04 bits per heavy atom. The Morgan fingerprint density at radius 2 is 1.74 bits per heavy atom. The van der Waals surface area contributed by atoms with Gasteiger partial charge in [0.05, 0.1) is 5.92 Å². The molecule has 5 heteroatoms. The highest BCUT2D eigenvalue weighted by Gasteiger charge is 2.28. The molecule has 0 fully saturated rings. The molecule has 0 amide bonds. The lowest BCUT2D eigenvalue weighted by Crippen LogP contribution is -2.24. The zero-order chi connectivity index (χ0) is 19.2. The van der Waals surface area contributed by atoms with E-state index in [4.69, 9.17) is 14.2 Å². The topological polar surface area (TPSA) is 61.8 Å². The third-order valence-electron chi connectivity index (χ3n) is 4.84. The van der Waals surface area contributed by atoms with E-state index in [9.17, 15) is 9.59 Å². The van der Waals surface area contributed by atoms with Crippen LogP contribution in [0.5, 0.6) is 11.5 Å². The standard InChI is InChI=1S/C22H24O5/c1-3-15(2)21(16-7-5-4-6-8-16)22(24)27-14-18(23)17-9-10-19-20(13-17)26-12-11-25-19/h4-10,13,15,21H,3,11-12,14H2,1-2H3/t15-,21+/m0/s1. The van der Waals surface area contributed by atoms with E-state index >= 15 is 0 Å². The number of Topliss-reactive ketones (excluding diaryl/α,β-unsaturated/α-hetero) is 1. The molecule has 1 aliphatic rings. The smallest absolute Gasteiger partial charge is 0.314 e. The first-order valence-electron chi connectivity index (χ1n) is 9.24. The number of carbonyl (C=O) groups is 2. The molecule has 0 aromatic heterocycles. The van der Waals surface area contributed by atoms with Gasteiger partial charge in [0, 0.05) is 5.56 Å². The Bertz CT molecular complexity index is 800. The molecule has 142 valence electrons. The van der Waals surface area contributed by atoms with Crippen molar-refractivity contribution in [3.63, 3.8) is 0 Å². The van der Waals surface area contributed by atoms with Gasteiger partial charge in [-0.2, -0.15) is 0 Å². The van der Waals surface area contributed by atoms with Gasteiger partial charge in [-0.15, -0.1) is 0 Å². The van der Waals surface area contributed by atoms with Gasteiger partial charge >= 0.3 is 5.97 Å². The highest BCUT2D eigenvalue weighted by molar-refractivity contribution is 5.98. The molecule has 0 N–H and O–H groups in total.